The van der Waals surface area contributed by atoms with Gasteiger partial charge in [-0.15, -0.1) is 11.3 Å². The molecular formula is C10H9FS. The van der Waals surface area contributed by atoms with Crippen LogP contribution >= 0.6 is 11.3 Å². The first-order valence-electron chi connectivity index (χ1n) is 3.82. The van der Waals surface area contributed by atoms with E-state index >= 15 is 0 Å². The van der Waals surface area contributed by atoms with Gasteiger partial charge in [0, 0.05) is 4.70 Å². The minimum absolute atomic E-state index is 0.107. The summed E-state index contributed by atoms with van der Waals surface area (Å²) in [4.78, 5) is 0. The SMILES string of the molecule is Cc1cc2c(C)csc2cc1F. The zero-order chi connectivity index (χ0) is 8.72. The lowest BCUT2D eigenvalue weighted by Gasteiger charge is -1.96. The quantitative estimate of drug-likeness (QED) is 0.580. The molecule has 0 unspecified atom stereocenters. The second kappa shape index (κ2) is 2.56. The molecule has 0 fully saturated rings. The van der Waals surface area contributed by atoms with E-state index in [0.29, 0.717) is 0 Å². The summed E-state index contributed by atoms with van der Waals surface area (Å²) in [6, 6.07) is 3.53. The number of thiophene rings is 1. The van der Waals surface area contributed by atoms with Crippen molar-refractivity contribution >= 4 is 21.4 Å². The number of benzene rings is 1. The van der Waals surface area contributed by atoms with Gasteiger partial charge in [0.2, 0.25) is 0 Å². The predicted octanol–water partition coefficient (Wildman–Crippen LogP) is 3.66. The standard InChI is InChI=1S/C10H9FS/c1-6-3-8-7(2)5-12-10(8)4-9(6)11/h3-5H,1-2H3. The van der Waals surface area contributed by atoms with E-state index in [0.717, 1.165) is 10.3 Å². The first-order chi connectivity index (χ1) is 5.68. The van der Waals surface area contributed by atoms with Crippen LogP contribution in [0.2, 0.25) is 0 Å². The molecule has 0 atom stereocenters. The van der Waals surface area contributed by atoms with E-state index in [9.17, 15) is 4.39 Å². The fourth-order valence-corrected chi connectivity index (χ4v) is 2.23. The molecule has 2 rings (SSSR count). The third-order valence-electron chi connectivity index (χ3n) is 2.05. The summed E-state index contributed by atoms with van der Waals surface area (Å²) in [6.45, 7) is 3.85. The van der Waals surface area contributed by atoms with Gasteiger partial charge in [-0.25, -0.2) is 4.39 Å². The predicted molar refractivity (Wildman–Crippen MR) is 51.3 cm³/mol. The van der Waals surface area contributed by atoms with Crippen LogP contribution in [0.1, 0.15) is 11.1 Å². The maximum atomic E-state index is 13.1. The highest BCUT2D eigenvalue weighted by Gasteiger charge is 2.03. The van der Waals surface area contributed by atoms with Gasteiger partial charge >= 0.3 is 0 Å². The van der Waals surface area contributed by atoms with Crippen molar-refractivity contribution in [3.8, 4) is 0 Å². The lowest BCUT2D eigenvalue weighted by Crippen LogP contribution is -1.80. The topological polar surface area (TPSA) is 0 Å². The maximum Gasteiger partial charge on any atom is 0.127 e. The van der Waals surface area contributed by atoms with Crippen molar-refractivity contribution in [1.82, 2.24) is 0 Å². The molecule has 0 nitrogen and oxygen atoms in total. The van der Waals surface area contributed by atoms with Crippen LogP contribution in [0.3, 0.4) is 0 Å². The van der Waals surface area contributed by atoms with Crippen LogP contribution in [0.4, 0.5) is 4.39 Å². The van der Waals surface area contributed by atoms with Gasteiger partial charge in [0.25, 0.3) is 0 Å². The number of hydrogen-bond donors (Lipinski definition) is 0. The minimum Gasteiger partial charge on any atom is -0.207 e. The van der Waals surface area contributed by atoms with Crippen LogP contribution in [0.5, 0.6) is 0 Å². The molecule has 1 aromatic carbocycles. The molecular weight excluding hydrogens is 171 g/mol. The fourth-order valence-electron chi connectivity index (χ4n) is 1.28. The van der Waals surface area contributed by atoms with Gasteiger partial charge < -0.3 is 0 Å². The van der Waals surface area contributed by atoms with E-state index in [-0.39, 0.29) is 5.82 Å². The zero-order valence-corrected chi connectivity index (χ0v) is 7.83. The van der Waals surface area contributed by atoms with Crippen LogP contribution in [-0.4, -0.2) is 0 Å². The first kappa shape index (κ1) is 7.74. The molecule has 0 spiro atoms. The molecule has 0 radical (unpaired) electrons. The van der Waals surface area contributed by atoms with Crippen molar-refractivity contribution < 1.29 is 4.39 Å². The molecule has 0 bridgehead atoms. The van der Waals surface area contributed by atoms with E-state index < -0.39 is 0 Å². The Morgan fingerprint density at radius 3 is 2.67 bits per heavy atom. The van der Waals surface area contributed by atoms with E-state index in [1.165, 1.54) is 10.9 Å². The molecule has 0 saturated heterocycles. The van der Waals surface area contributed by atoms with Crippen molar-refractivity contribution in [3.05, 3.63) is 34.5 Å². The number of hydrogen-bond acceptors (Lipinski definition) is 1. The lowest BCUT2D eigenvalue weighted by atomic mass is 10.1. The van der Waals surface area contributed by atoms with E-state index in [1.807, 2.05) is 6.07 Å². The van der Waals surface area contributed by atoms with Crippen LogP contribution in [-0.2, 0) is 0 Å². The fraction of sp³-hybridized carbons (Fsp3) is 0.200. The Kier molecular flexibility index (Phi) is 1.65. The van der Waals surface area contributed by atoms with Crippen LogP contribution in [0.15, 0.2) is 17.5 Å². The summed E-state index contributed by atoms with van der Waals surface area (Å²) in [5.41, 5.74) is 1.96. The van der Waals surface area contributed by atoms with Crippen LogP contribution in [0.25, 0.3) is 10.1 Å². The molecule has 0 saturated carbocycles. The van der Waals surface area contributed by atoms with E-state index in [1.54, 1.807) is 24.3 Å². The number of aryl methyl sites for hydroxylation is 2. The summed E-state index contributed by atoms with van der Waals surface area (Å²) in [5.74, 6) is -0.107. The molecule has 1 heterocycles. The van der Waals surface area contributed by atoms with Gasteiger partial charge in [-0.1, -0.05) is 0 Å². The second-order valence-corrected chi connectivity index (χ2v) is 3.93. The average molecular weight is 180 g/mol. The van der Waals surface area contributed by atoms with Gasteiger partial charge in [-0.3, -0.25) is 0 Å². The summed E-state index contributed by atoms with van der Waals surface area (Å²) in [6.07, 6.45) is 0. The molecule has 1 aromatic heterocycles. The third-order valence-corrected chi connectivity index (χ3v) is 3.11. The van der Waals surface area contributed by atoms with E-state index in [2.05, 4.69) is 12.3 Å². The monoisotopic (exact) mass is 180 g/mol. The summed E-state index contributed by atoms with van der Waals surface area (Å²) in [7, 11) is 0. The Labute approximate surface area is 74.6 Å². The number of halogens is 1. The molecule has 0 aliphatic carbocycles. The molecule has 0 aliphatic rings. The van der Waals surface area contributed by atoms with Gasteiger partial charge in [-0.05, 0) is 47.9 Å². The molecule has 12 heavy (non-hydrogen) atoms. The molecule has 0 aliphatic heterocycles. The van der Waals surface area contributed by atoms with Crippen molar-refractivity contribution in [1.29, 1.82) is 0 Å². The normalized spacial score (nSPS) is 10.9. The zero-order valence-electron chi connectivity index (χ0n) is 7.02. The Balaban J connectivity index is 2.87. The highest BCUT2D eigenvalue weighted by atomic mass is 32.1. The van der Waals surface area contributed by atoms with Crippen molar-refractivity contribution in [2.24, 2.45) is 0 Å². The summed E-state index contributed by atoms with van der Waals surface area (Å²) >= 11 is 1.60. The first-order valence-corrected chi connectivity index (χ1v) is 4.70. The second-order valence-electron chi connectivity index (χ2n) is 3.02. The number of fused-ring (bicyclic) bond motifs is 1. The molecule has 2 heteroatoms. The largest absolute Gasteiger partial charge is 0.207 e. The molecule has 0 amide bonds. The minimum atomic E-state index is -0.107. The smallest absolute Gasteiger partial charge is 0.127 e. The molecule has 2 aromatic rings. The van der Waals surface area contributed by atoms with Crippen LogP contribution < -0.4 is 0 Å². The Morgan fingerprint density at radius 1 is 1.17 bits per heavy atom. The molecule has 0 N–H and O–H groups in total. The van der Waals surface area contributed by atoms with Crippen LogP contribution in [0, 0.1) is 19.7 Å². The van der Waals surface area contributed by atoms with Crippen molar-refractivity contribution in [2.75, 3.05) is 0 Å². The van der Waals surface area contributed by atoms with E-state index in [4.69, 9.17) is 0 Å². The Morgan fingerprint density at radius 2 is 1.92 bits per heavy atom. The lowest BCUT2D eigenvalue weighted by molar-refractivity contribution is 0.621. The van der Waals surface area contributed by atoms with Gasteiger partial charge in [0.05, 0.1) is 0 Å². The number of rotatable bonds is 0. The average Bonchev–Trinajstić information content (AvgIpc) is 2.35. The summed E-state index contributed by atoms with van der Waals surface area (Å²) < 4.78 is 14.1. The van der Waals surface area contributed by atoms with Crippen molar-refractivity contribution in [3.63, 3.8) is 0 Å². The third kappa shape index (κ3) is 1.03. The van der Waals surface area contributed by atoms with Gasteiger partial charge in [0.1, 0.15) is 5.82 Å². The van der Waals surface area contributed by atoms with Gasteiger partial charge in [-0.2, -0.15) is 0 Å². The van der Waals surface area contributed by atoms with Gasteiger partial charge in [0.15, 0.2) is 0 Å². The molecule has 62 valence electrons. The Bertz CT molecular complexity index is 429. The van der Waals surface area contributed by atoms with Crippen molar-refractivity contribution in [2.45, 2.75) is 13.8 Å². The highest BCUT2D eigenvalue weighted by molar-refractivity contribution is 7.17. The summed E-state index contributed by atoms with van der Waals surface area (Å²) in [5, 5.41) is 3.24. The maximum absolute atomic E-state index is 13.1. The highest BCUT2D eigenvalue weighted by Crippen LogP contribution is 2.27. The Hall–Kier alpha value is -0.890.